The van der Waals surface area contributed by atoms with Gasteiger partial charge in [0.15, 0.2) is 0 Å². The first-order valence-corrected chi connectivity index (χ1v) is 6.81. The normalized spacial score (nSPS) is 10.7. The van der Waals surface area contributed by atoms with Crippen LogP contribution in [0, 0.1) is 0 Å². The Morgan fingerprint density at radius 2 is 1.95 bits per heavy atom. The molecule has 0 unspecified atom stereocenters. The number of aromatic nitrogens is 3. The van der Waals surface area contributed by atoms with E-state index in [0.717, 1.165) is 15.6 Å². The topological polar surface area (TPSA) is 77.8 Å². The summed E-state index contributed by atoms with van der Waals surface area (Å²) < 4.78 is 6.11. The average molecular weight is 331 g/mol. The van der Waals surface area contributed by atoms with Crippen LogP contribution >= 0.6 is 15.9 Å². The Bertz CT molecular complexity index is 724. The van der Waals surface area contributed by atoms with Crippen LogP contribution < -0.4 is 5.73 Å². The molecule has 0 aliphatic rings. The zero-order valence-electron chi connectivity index (χ0n) is 10.5. The van der Waals surface area contributed by atoms with Gasteiger partial charge < -0.3 is 10.3 Å². The summed E-state index contributed by atoms with van der Waals surface area (Å²) in [6.45, 7) is 0.510. The quantitative estimate of drug-likeness (QED) is 0.798. The first kappa shape index (κ1) is 13.0. The minimum absolute atomic E-state index is 0.454. The van der Waals surface area contributed by atoms with Crippen molar-refractivity contribution in [1.29, 1.82) is 0 Å². The van der Waals surface area contributed by atoms with E-state index in [1.54, 1.807) is 6.20 Å². The first-order valence-electron chi connectivity index (χ1n) is 6.02. The number of halogens is 1. The highest BCUT2D eigenvalue weighted by Gasteiger charge is 2.13. The number of hydrogen-bond donors (Lipinski definition) is 1. The van der Waals surface area contributed by atoms with Crippen LogP contribution in [0.25, 0.3) is 23.0 Å². The van der Waals surface area contributed by atoms with Gasteiger partial charge in [0.1, 0.15) is 5.69 Å². The van der Waals surface area contributed by atoms with Crippen molar-refractivity contribution >= 4 is 15.9 Å². The van der Waals surface area contributed by atoms with E-state index in [-0.39, 0.29) is 0 Å². The molecular formula is C14H11BrN4O. The lowest BCUT2D eigenvalue weighted by molar-refractivity contribution is 0.432. The van der Waals surface area contributed by atoms with Crippen LogP contribution in [0.15, 0.2) is 51.6 Å². The maximum absolute atomic E-state index is 5.57. The molecule has 0 radical (unpaired) electrons. The summed E-state index contributed by atoms with van der Waals surface area (Å²) in [7, 11) is 0. The van der Waals surface area contributed by atoms with Crippen molar-refractivity contribution in [2.75, 3.05) is 0 Å². The van der Waals surface area contributed by atoms with Crippen molar-refractivity contribution in [2.45, 2.75) is 6.54 Å². The minimum Gasteiger partial charge on any atom is -0.334 e. The van der Waals surface area contributed by atoms with Crippen molar-refractivity contribution in [1.82, 2.24) is 15.1 Å². The van der Waals surface area contributed by atoms with Gasteiger partial charge in [-0.3, -0.25) is 4.98 Å². The van der Waals surface area contributed by atoms with Gasteiger partial charge >= 0.3 is 0 Å². The molecule has 0 amide bonds. The van der Waals surface area contributed by atoms with Gasteiger partial charge in [0.2, 0.25) is 5.82 Å². The molecule has 0 aliphatic carbocycles. The van der Waals surface area contributed by atoms with Crippen molar-refractivity contribution in [3.8, 4) is 23.0 Å². The summed E-state index contributed by atoms with van der Waals surface area (Å²) in [6, 6.07) is 11.4. The molecule has 1 aromatic carbocycles. The van der Waals surface area contributed by atoms with Crippen LogP contribution in [0.4, 0.5) is 0 Å². The second kappa shape index (κ2) is 5.52. The number of rotatable bonds is 3. The third-order valence-corrected chi connectivity index (χ3v) is 3.47. The van der Waals surface area contributed by atoms with Crippen LogP contribution in [0.2, 0.25) is 0 Å². The predicted octanol–water partition coefficient (Wildman–Crippen LogP) is 3.02. The van der Waals surface area contributed by atoms with E-state index in [4.69, 9.17) is 10.3 Å². The lowest BCUT2D eigenvalue weighted by atomic mass is 10.1. The zero-order chi connectivity index (χ0) is 13.9. The van der Waals surface area contributed by atoms with Gasteiger partial charge in [-0.05, 0) is 45.8 Å². The van der Waals surface area contributed by atoms with Gasteiger partial charge in [-0.1, -0.05) is 17.3 Å². The maximum Gasteiger partial charge on any atom is 0.258 e. The first-order chi connectivity index (χ1) is 9.78. The van der Waals surface area contributed by atoms with Crippen LogP contribution in [0.1, 0.15) is 5.56 Å². The van der Waals surface area contributed by atoms with Gasteiger partial charge in [0.05, 0.1) is 0 Å². The van der Waals surface area contributed by atoms with Gasteiger partial charge in [-0.25, -0.2) is 0 Å². The number of nitrogens with two attached hydrogens (primary N) is 1. The predicted molar refractivity (Wildman–Crippen MR) is 78.6 cm³/mol. The summed E-state index contributed by atoms with van der Waals surface area (Å²) in [5.74, 6) is 0.913. The third kappa shape index (κ3) is 2.48. The zero-order valence-corrected chi connectivity index (χ0v) is 12.0. The molecule has 0 saturated carbocycles. The van der Waals surface area contributed by atoms with Gasteiger partial charge in [0, 0.05) is 22.8 Å². The van der Waals surface area contributed by atoms with E-state index in [1.165, 1.54) is 0 Å². The van der Waals surface area contributed by atoms with Crippen molar-refractivity contribution in [3.05, 3.63) is 52.6 Å². The standard InChI is InChI=1S/C14H11BrN4O/c15-11-2-1-7-17-12(11)13-18-14(20-19-13)10-5-3-9(8-16)4-6-10/h1-7H,8,16H2. The monoisotopic (exact) mass is 330 g/mol. The fourth-order valence-electron chi connectivity index (χ4n) is 1.77. The molecule has 20 heavy (non-hydrogen) atoms. The maximum atomic E-state index is 5.57. The van der Waals surface area contributed by atoms with Crippen LogP contribution in [0.3, 0.4) is 0 Å². The van der Waals surface area contributed by atoms with Gasteiger partial charge in [-0.2, -0.15) is 4.98 Å². The molecule has 0 spiro atoms. The molecule has 0 fully saturated rings. The van der Waals surface area contributed by atoms with E-state index in [0.29, 0.717) is 24.0 Å². The molecule has 0 saturated heterocycles. The Labute approximate surface area is 124 Å². The molecule has 0 atom stereocenters. The number of pyridine rings is 1. The molecule has 3 aromatic rings. The Kier molecular flexibility index (Phi) is 3.58. The SMILES string of the molecule is NCc1ccc(-c2nc(-c3ncccc3Br)no2)cc1. The molecule has 6 heteroatoms. The van der Waals surface area contributed by atoms with Crippen LogP contribution in [-0.4, -0.2) is 15.1 Å². The highest BCUT2D eigenvalue weighted by Crippen LogP contribution is 2.26. The van der Waals surface area contributed by atoms with E-state index in [9.17, 15) is 0 Å². The number of benzene rings is 1. The highest BCUT2D eigenvalue weighted by molar-refractivity contribution is 9.10. The van der Waals surface area contributed by atoms with E-state index in [2.05, 4.69) is 31.1 Å². The van der Waals surface area contributed by atoms with E-state index < -0.39 is 0 Å². The Morgan fingerprint density at radius 1 is 1.15 bits per heavy atom. The third-order valence-electron chi connectivity index (χ3n) is 2.83. The fraction of sp³-hybridized carbons (Fsp3) is 0.0714. The Balaban J connectivity index is 1.95. The summed E-state index contributed by atoms with van der Waals surface area (Å²) in [5.41, 5.74) is 8.14. The van der Waals surface area contributed by atoms with Crippen LogP contribution in [0.5, 0.6) is 0 Å². The minimum atomic E-state index is 0.454. The summed E-state index contributed by atoms with van der Waals surface area (Å²) in [4.78, 5) is 8.60. The molecule has 100 valence electrons. The average Bonchev–Trinajstić information content (AvgIpc) is 2.97. The van der Waals surface area contributed by atoms with Gasteiger partial charge in [0.25, 0.3) is 5.89 Å². The highest BCUT2D eigenvalue weighted by atomic mass is 79.9. The van der Waals surface area contributed by atoms with E-state index >= 15 is 0 Å². The molecular weight excluding hydrogens is 320 g/mol. The molecule has 0 aliphatic heterocycles. The van der Waals surface area contributed by atoms with Crippen molar-refractivity contribution < 1.29 is 4.52 Å². The second-order valence-corrected chi connectivity index (χ2v) is 5.01. The lowest BCUT2D eigenvalue weighted by Gasteiger charge is -1.97. The lowest BCUT2D eigenvalue weighted by Crippen LogP contribution is -1.95. The molecule has 2 heterocycles. The summed E-state index contributed by atoms with van der Waals surface area (Å²) in [6.07, 6.45) is 1.69. The molecule has 2 aromatic heterocycles. The summed E-state index contributed by atoms with van der Waals surface area (Å²) in [5, 5.41) is 3.96. The largest absolute Gasteiger partial charge is 0.334 e. The molecule has 3 rings (SSSR count). The Morgan fingerprint density at radius 3 is 2.65 bits per heavy atom. The Hall–Kier alpha value is -2.05. The molecule has 2 N–H and O–H groups in total. The second-order valence-electron chi connectivity index (χ2n) is 4.16. The van der Waals surface area contributed by atoms with Crippen molar-refractivity contribution in [3.63, 3.8) is 0 Å². The smallest absolute Gasteiger partial charge is 0.258 e. The number of hydrogen-bond acceptors (Lipinski definition) is 5. The van der Waals surface area contributed by atoms with Gasteiger partial charge in [-0.15, -0.1) is 0 Å². The summed E-state index contributed by atoms with van der Waals surface area (Å²) >= 11 is 3.42. The van der Waals surface area contributed by atoms with E-state index in [1.807, 2.05) is 36.4 Å². The van der Waals surface area contributed by atoms with Crippen molar-refractivity contribution in [2.24, 2.45) is 5.73 Å². The van der Waals surface area contributed by atoms with Crippen LogP contribution in [-0.2, 0) is 6.54 Å². The number of nitrogens with zero attached hydrogens (tertiary/aromatic N) is 3. The fourth-order valence-corrected chi connectivity index (χ4v) is 2.20. The molecule has 0 bridgehead atoms. The molecule has 5 nitrogen and oxygen atoms in total.